The van der Waals surface area contributed by atoms with Crippen LogP contribution in [-0.2, 0) is 11.2 Å². The molecule has 24 heavy (non-hydrogen) atoms. The van der Waals surface area contributed by atoms with Crippen molar-refractivity contribution < 1.29 is 24.0 Å². The zero-order valence-corrected chi connectivity index (χ0v) is 12.6. The predicted molar refractivity (Wildman–Crippen MR) is 83.4 cm³/mol. The quantitative estimate of drug-likeness (QED) is 0.597. The minimum Gasteiger partial charge on any atom is -0.450 e. The summed E-state index contributed by atoms with van der Waals surface area (Å²) in [7, 11) is 0. The summed E-state index contributed by atoms with van der Waals surface area (Å²) >= 11 is 0. The lowest BCUT2D eigenvalue weighted by Gasteiger charge is -2.08. The summed E-state index contributed by atoms with van der Waals surface area (Å²) in [5.74, 6) is -0.704. The second-order valence-electron chi connectivity index (χ2n) is 4.87. The van der Waals surface area contributed by atoms with Crippen molar-refractivity contribution in [3.63, 3.8) is 0 Å². The lowest BCUT2D eigenvalue weighted by molar-refractivity contribution is -0.385. The molecule has 0 heterocycles. The molecule has 1 amide bonds. The third-order valence-corrected chi connectivity index (χ3v) is 3.07. The van der Waals surface area contributed by atoms with Crippen LogP contribution in [-0.4, -0.2) is 29.1 Å². The van der Waals surface area contributed by atoms with Crippen LogP contribution < -0.4 is 10.1 Å². The normalized spacial score (nSPS) is 10.2. The van der Waals surface area contributed by atoms with Gasteiger partial charge in [0.2, 0.25) is 11.7 Å². The Morgan fingerprint density at radius 3 is 2.58 bits per heavy atom. The first kappa shape index (κ1) is 17.4. The molecule has 2 N–H and O–H groups in total. The minimum atomic E-state index is -0.724. The third kappa shape index (κ3) is 4.75. The van der Waals surface area contributed by atoms with E-state index in [-0.39, 0.29) is 31.2 Å². The van der Waals surface area contributed by atoms with Gasteiger partial charge in [-0.05, 0) is 29.8 Å². The third-order valence-electron chi connectivity index (χ3n) is 3.07. The molecule has 0 saturated heterocycles. The van der Waals surface area contributed by atoms with Gasteiger partial charge in [0, 0.05) is 6.54 Å². The molecule has 0 saturated carbocycles. The first-order valence-corrected chi connectivity index (χ1v) is 7.08. The average molecular weight is 334 g/mol. The van der Waals surface area contributed by atoms with E-state index in [4.69, 9.17) is 9.84 Å². The Bertz CT molecular complexity index is 734. The van der Waals surface area contributed by atoms with Crippen molar-refractivity contribution in [2.45, 2.75) is 6.42 Å². The number of halogens is 1. The van der Waals surface area contributed by atoms with Crippen LogP contribution in [0.3, 0.4) is 0 Å². The van der Waals surface area contributed by atoms with E-state index in [1.165, 1.54) is 6.07 Å². The molecule has 2 aromatic rings. The Kier molecular flexibility index (Phi) is 5.80. The van der Waals surface area contributed by atoms with Crippen LogP contribution in [0, 0.1) is 15.9 Å². The van der Waals surface area contributed by atoms with Gasteiger partial charge in [-0.3, -0.25) is 14.9 Å². The van der Waals surface area contributed by atoms with E-state index in [1.54, 1.807) is 24.3 Å². The number of nitro benzene ring substituents is 1. The maximum atomic E-state index is 13.1. The van der Waals surface area contributed by atoms with Gasteiger partial charge in [0.05, 0.1) is 24.0 Å². The molecular formula is C16H15FN2O5. The van der Waals surface area contributed by atoms with Crippen LogP contribution >= 0.6 is 0 Å². The van der Waals surface area contributed by atoms with E-state index in [0.29, 0.717) is 11.3 Å². The Labute approximate surface area is 136 Å². The van der Waals surface area contributed by atoms with Crippen molar-refractivity contribution in [2.75, 3.05) is 13.2 Å². The van der Waals surface area contributed by atoms with E-state index >= 15 is 0 Å². The highest BCUT2D eigenvalue weighted by atomic mass is 19.1. The Hall–Kier alpha value is -3.00. The summed E-state index contributed by atoms with van der Waals surface area (Å²) in [6, 6.07) is 9.44. The predicted octanol–water partition coefficient (Wildman–Crippen LogP) is 2.18. The van der Waals surface area contributed by atoms with Gasteiger partial charge in [0.25, 0.3) is 0 Å². The summed E-state index contributed by atoms with van der Waals surface area (Å²) in [5.41, 5.74) is 0.244. The number of rotatable bonds is 7. The van der Waals surface area contributed by atoms with Crippen LogP contribution in [0.15, 0.2) is 42.5 Å². The molecule has 0 aliphatic rings. The highest BCUT2D eigenvalue weighted by molar-refractivity contribution is 5.78. The van der Waals surface area contributed by atoms with Gasteiger partial charge >= 0.3 is 5.69 Å². The lowest BCUT2D eigenvalue weighted by Crippen LogP contribution is -2.27. The number of carbonyl (C=O) groups is 1. The fraction of sp³-hybridized carbons (Fsp3) is 0.188. The zero-order valence-electron chi connectivity index (χ0n) is 12.6. The first-order valence-electron chi connectivity index (χ1n) is 7.08. The number of ether oxygens (including phenoxy) is 1. The van der Waals surface area contributed by atoms with Crippen LogP contribution in [0.25, 0.3) is 0 Å². The van der Waals surface area contributed by atoms with Crippen LogP contribution in [0.5, 0.6) is 11.5 Å². The van der Waals surface area contributed by atoms with Crippen molar-refractivity contribution in [2.24, 2.45) is 0 Å². The number of nitro groups is 1. The standard InChI is InChI=1S/C16H15FN2O5/c17-12-3-6-15(14(10-12)19(22)23)24-13-4-1-11(2-5-13)9-16(21)18-7-8-20/h1-6,10,20H,7-9H2,(H,18,21). The van der Waals surface area contributed by atoms with Gasteiger partial charge in [0.15, 0.2) is 0 Å². The SMILES string of the molecule is O=C(Cc1ccc(Oc2ccc(F)cc2[N+](=O)[O-])cc1)NCCO. The van der Waals surface area contributed by atoms with E-state index < -0.39 is 16.4 Å². The van der Waals surface area contributed by atoms with Crippen molar-refractivity contribution in [1.29, 1.82) is 0 Å². The number of benzene rings is 2. The fourth-order valence-electron chi connectivity index (χ4n) is 1.97. The molecule has 0 atom stereocenters. The monoisotopic (exact) mass is 334 g/mol. The van der Waals surface area contributed by atoms with Gasteiger partial charge in [-0.25, -0.2) is 4.39 Å². The van der Waals surface area contributed by atoms with Gasteiger partial charge in [0.1, 0.15) is 11.6 Å². The number of carbonyl (C=O) groups excluding carboxylic acids is 1. The Balaban J connectivity index is 2.07. The topological polar surface area (TPSA) is 102 Å². The highest BCUT2D eigenvalue weighted by Gasteiger charge is 2.17. The molecule has 0 aliphatic heterocycles. The van der Waals surface area contributed by atoms with E-state index in [9.17, 15) is 19.3 Å². The van der Waals surface area contributed by atoms with Gasteiger partial charge in [-0.1, -0.05) is 12.1 Å². The number of aliphatic hydroxyl groups excluding tert-OH is 1. The molecule has 2 rings (SSSR count). The van der Waals surface area contributed by atoms with E-state index in [0.717, 1.165) is 12.1 Å². The van der Waals surface area contributed by atoms with Gasteiger partial charge in [-0.2, -0.15) is 0 Å². The smallest absolute Gasteiger partial charge is 0.314 e. The maximum Gasteiger partial charge on any atom is 0.314 e. The second-order valence-corrected chi connectivity index (χ2v) is 4.87. The molecule has 126 valence electrons. The summed E-state index contributed by atoms with van der Waals surface area (Å²) in [6.45, 7) is 0.0588. The molecule has 8 heteroatoms. The molecule has 0 bridgehead atoms. The Morgan fingerprint density at radius 2 is 1.96 bits per heavy atom. The molecule has 2 aromatic carbocycles. The summed E-state index contributed by atoms with van der Waals surface area (Å²) in [6.07, 6.45) is 0.136. The second kappa shape index (κ2) is 8.02. The van der Waals surface area contributed by atoms with Gasteiger partial charge in [-0.15, -0.1) is 0 Å². The van der Waals surface area contributed by atoms with Crippen molar-refractivity contribution in [3.05, 3.63) is 64.0 Å². The molecular weight excluding hydrogens is 319 g/mol. The lowest BCUT2D eigenvalue weighted by atomic mass is 10.1. The zero-order chi connectivity index (χ0) is 17.5. The molecule has 0 spiro atoms. The number of hydrogen-bond donors (Lipinski definition) is 2. The molecule has 0 aromatic heterocycles. The van der Waals surface area contributed by atoms with Crippen LogP contribution in [0.1, 0.15) is 5.56 Å². The Morgan fingerprint density at radius 1 is 1.25 bits per heavy atom. The number of nitrogens with zero attached hydrogens (tertiary/aromatic N) is 1. The first-order chi connectivity index (χ1) is 11.5. The number of amides is 1. The molecule has 0 aliphatic carbocycles. The van der Waals surface area contributed by atoms with Crippen molar-refractivity contribution >= 4 is 11.6 Å². The minimum absolute atomic E-state index is 0.0742. The summed E-state index contributed by atoms with van der Waals surface area (Å²) in [5, 5.41) is 22.1. The maximum absolute atomic E-state index is 13.1. The molecule has 7 nitrogen and oxygen atoms in total. The number of aliphatic hydroxyl groups is 1. The largest absolute Gasteiger partial charge is 0.450 e. The summed E-state index contributed by atoms with van der Waals surface area (Å²) in [4.78, 5) is 21.7. The molecule has 0 radical (unpaired) electrons. The molecule has 0 fully saturated rings. The van der Waals surface area contributed by atoms with Gasteiger partial charge < -0.3 is 15.2 Å². The van der Waals surface area contributed by atoms with Crippen molar-refractivity contribution in [3.8, 4) is 11.5 Å². The molecule has 0 unspecified atom stereocenters. The van der Waals surface area contributed by atoms with E-state index in [1.807, 2.05) is 0 Å². The van der Waals surface area contributed by atoms with Crippen LogP contribution in [0.2, 0.25) is 0 Å². The fourth-order valence-corrected chi connectivity index (χ4v) is 1.97. The summed E-state index contributed by atoms with van der Waals surface area (Å²) < 4.78 is 18.5. The number of nitrogens with one attached hydrogen (secondary N) is 1. The van der Waals surface area contributed by atoms with Crippen molar-refractivity contribution in [1.82, 2.24) is 5.32 Å². The number of hydrogen-bond acceptors (Lipinski definition) is 5. The van der Waals surface area contributed by atoms with Crippen LogP contribution in [0.4, 0.5) is 10.1 Å². The average Bonchev–Trinajstić information content (AvgIpc) is 2.56. The van der Waals surface area contributed by atoms with E-state index in [2.05, 4.69) is 5.32 Å². The highest BCUT2D eigenvalue weighted by Crippen LogP contribution is 2.31.